The van der Waals surface area contributed by atoms with E-state index in [2.05, 4.69) is 19.9 Å². The van der Waals surface area contributed by atoms with Gasteiger partial charge in [0, 0.05) is 17.2 Å². The molecule has 4 heterocycles. The van der Waals surface area contributed by atoms with Crippen LogP contribution in [-0.2, 0) is 0 Å². The molecule has 168 valence electrons. The van der Waals surface area contributed by atoms with Gasteiger partial charge in [-0.15, -0.1) is 0 Å². The first-order chi connectivity index (χ1) is 15.4. The molecule has 0 aromatic carbocycles. The van der Waals surface area contributed by atoms with Crippen LogP contribution in [0.15, 0.2) is 10.9 Å². The van der Waals surface area contributed by atoms with Crippen LogP contribution in [0.2, 0.25) is 5.15 Å². The molecule has 0 amide bonds. The van der Waals surface area contributed by atoms with Crippen LogP contribution < -0.4 is 19.9 Å². The SMILES string of the molecule is COc1nc2c3c(nc(-c4cc(=O)[nH]c(Cl)c4C4CC4)c(F)c3n1)OCCN2CC(F)F. The number of aromatic nitrogens is 4. The number of aromatic amines is 1. The molecule has 0 saturated heterocycles. The molecule has 8 nitrogen and oxygen atoms in total. The fraction of sp³-hybridized carbons (Fsp3) is 0.400. The van der Waals surface area contributed by atoms with E-state index in [1.165, 1.54) is 18.1 Å². The van der Waals surface area contributed by atoms with E-state index in [1.807, 2.05) is 0 Å². The van der Waals surface area contributed by atoms with E-state index in [0.717, 1.165) is 12.8 Å². The topological polar surface area (TPSA) is 93.2 Å². The molecule has 32 heavy (non-hydrogen) atoms. The number of hydrogen-bond donors (Lipinski definition) is 1. The van der Waals surface area contributed by atoms with Crippen LogP contribution in [0.5, 0.6) is 11.9 Å². The third-order valence-electron chi connectivity index (χ3n) is 5.43. The Morgan fingerprint density at radius 1 is 1.34 bits per heavy atom. The molecule has 3 aromatic heterocycles. The number of ether oxygens (including phenoxy) is 2. The summed E-state index contributed by atoms with van der Waals surface area (Å²) in [5, 5.41) is 0.196. The molecule has 2 aliphatic rings. The van der Waals surface area contributed by atoms with Gasteiger partial charge in [0.05, 0.1) is 20.2 Å². The monoisotopic (exact) mass is 467 g/mol. The lowest BCUT2D eigenvalue weighted by Gasteiger charge is -2.22. The number of nitrogens with one attached hydrogen (secondary N) is 1. The van der Waals surface area contributed by atoms with Crippen molar-refractivity contribution < 1.29 is 22.6 Å². The summed E-state index contributed by atoms with van der Waals surface area (Å²) in [7, 11) is 1.29. The van der Waals surface area contributed by atoms with E-state index in [0.29, 0.717) is 5.56 Å². The Morgan fingerprint density at radius 2 is 2.12 bits per heavy atom. The number of anilines is 1. The fourth-order valence-corrected chi connectivity index (χ4v) is 4.26. The van der Waals surface area contributed by atoms with Gasteiger partial charge < -0.3 is 19.4 Å². The number of methoxy groups -OCH3 is 1. The van der Waals surface area contributed by atoms with Gasteiger partial charge in [0.1, 0.15) is 34.2 Å². The molecule has 1 saturated carbocycles. The Bertz CT molecular complexity index is 1280. The summed E-state index contributed by atoms with van der Waals surface area (Å²) in [4.78, 5) is 28.6. The van der Waals surface area contributed by atoms with E-state index in [1.54, 1.807) is 0 Å². The number of H-pyrrole nitrogens is 1. The summed E-state index contributed by atoms with van der Waals surface area (Å²) in [6.45, 7) is -0.530. The Kier molecular flexibility index (Phi) is 5.07. The standard InChI is InChI=1S/C20H17ClF3N5O3/c1-31-20-27-16-13-18(28-20)29(7-10(22)23)4-5-32-19(13)26-15(14(16)24)9-6-11(30)25-17(21)12(9)8-2-3-8/h6,8,10H,2-5,7H2,1H3,(H,25,30). The number of alkyl halides is 2. The van der Waals surface area contributed by atoms with Crippen molar-refractivity contribution in [2.24, 2.45) is 0 Å². The lowest BCUT2D eigenvalue weighted by Crippen LogP contribution is -2.32. The first kappa shape index (κ1) is 20.8. The largest absolute Gasteiger partial charge is 0.475 e. The summed E-state index contributed by atoms with van der Waals surface area (Å²) in [5.74, 6) is -0.743. The maximum absolute atomic E-state index is 15.9. The molecule has 0 bridgehead atoms. The van der Waals surface area contributed by atoms with E-state index < -0.39 is 24.3 Å². The molecular formula is C20H17ClF3N5O3. The second kappa shape index (κ2) is 7.80. The molecule has 0 unspecified atom stereocenters. The molecular weight excluding hydrogens is 451 g/mol. The average molecular weight is 468 g/mol. The van der Waals surface area contributed by atoms with Crippen LogP contribution in [0.3, 0.4) is 0 Å². The highest BCUT2D eigenvalue weighted by atomic mass is 35.5. The predicted molar refractivity (Wildman–Crippen MR) is 111 cm³/mol. The average Bonchev–Trinajstić information content (AvgIpc) is 3.58. The van der Waals surface area contributed by atoms with Crippen molar-refractivity contribution in [2.75, 3.05) is 31.7 Å². The van der Waals surface area contributed by atoms with Crippen molar-refractivity contribution >= 4 is 28.3 Å². The van der Waals surface area contributed by atoms with E-state index >= 15 is 4.39 Å². The molecule has 0 spiro atoms. The summed E-state index contributed by atoms with van der Waals surface area (Å²) < 4.78 is 53.0. The van der Waals surface area contributed by atoms with Crippen molar-refractivity contribution in [3.8, 4) is 23.1 Å². The van der Waals surface area contributed by atoms with Gasteiger partial charge in [-0.1, -0.05) is 11.6 Å². The minimum absolute atomic E-state index is 0.0102. The molecule has 1 fully saturated rings. The van der Waals surface area contributed by atoms with Gasteiger partial charge in [0.2, 0.25) is 11.4 Å². The second-order valence-corrected chi connectivity index (χ2v) is 7.95. The Morgan fingerprint density at radius 3 is 2.81 bits per heavy atom. The van der Waals surface area contributed by atoms with Crippen LogP contribution in [-0.4, -0.2) is 53.2 Å². The van der Waals surface area contributed by atoms with Crippen molar-refractivity contribution in [2.45, 2.75) is 25.2 Å². The second-order valence-electron chi connectivity index (χ2n) is 7.57. The van der Waals surface area contributed by atoms with Crippen molar-refractivity contribution in [3.05, 3.63) is 33.0 Å². The number of rotatable bonds is 5. The van der Waals surface area contributed by atoms with Gasteiger partial charge >= 0.3 is 6.01 Å². The zero-order valence-corrected chi connectivity index (χ0v) is 17.5. The predicted octanol–water partition coefficient (Wildman–Crippen LogP) is 3.52. The molecule has 1 aliphatic heterocycles. The molecule has 3 aromatic rings. The molecule has 0 radical (unpaired) electrons. The Balaban J connectivity index is 1.81. The summed E-state index contributed by atoms with van der Waals surface area (Å²) in [6, 6.07) is 1.05. The molecule has 5 rings (SSSR count). The Labute approximate surface area is 184 Å². The van der Waals surface area contributed by atoms with Gasteiger partial charge in [-0.2, -0.15) is 9.97 Å². The summed E-state index contributed by atoms with van der Waals surface area (Å²) >= 11 is 6.28. The zero-order chi connectivity index (χ0) is 22.6. The minimum atomic E-state index is -2.65. The van der Waals surface area contributed by atoms with E-state index in [4.69, 9.17) is 21.1 Å². The molecule has 1 N–H and O–H groups in total. The van der Waals surface area contributed by atoms with Crippen LogP contribution in [0.25, 0.3) is 22.2 Å². The van der Waals surface area contributed by atoms with Gasteiger partial charge in [0.15, 0.2) is 5.82 Å². The highest BCUT2D eigenvalue weighted by molar-refractivity contribution is 6.30. The van der Waals surface area contributed by atoms with Gasteiger partial charge in [0.25, 0.3) is 6.43 Å². The van der Waals surface area contributed by atoms with Crippen molar-refractivity contribution in [1.29, 1.82) is 0 Å². The third-order valence-corrected chi connectivity index (χ3v) is 5.73. The van der Waals surface area contributed by atoms with E-state index in [-0.39, 0.29) is 64.1 Å². The third kappa shape index (κ3) is 3.50. The summed E-state index contributed by atoms with van der Waals surface area (Å²) in [6.07, 6.45) is -0.955. The summed E-state index contributed by atoms with van der Waals surface area (Å²) in [5.41, 5.74) is -0.0270. The van der Waals surface area contributed by atoms with Crippen LogP contribution in [0.4, 0.5) is 19.0 Å². The van der Waals surface area contributed by atoms with Crippen LogP contribution in [0, 0.1) is 5.82 Å². The maximum Gasteiger partial charge on any atom is 0.318 e. The molecule has 12 heteroatoms. The highest BCUT2D eigenvalue weighted by Gasteiger charge is 2.33. The van der Waals surface area contributed by atoms with Crippen LogP contribution in [0.1, 0.15) is 24.3 Å². The number of pyridine rings is 2. The normalized spacial score (nSPS) is 15.8. The lowest BCUT2D eigenvalue weighted by atomic mass is 10.0. The number of hydrogen-bond acceptors (Lipinski definition) is 7. The Hall–Kier alpha value is -3.08. The highest BCUT2D eigenvalue weighted by Crippen LogP contribution is 2.48. The van der Waals surface area contributed by atoms with Crippen molar-refractivity contribution in [1.82, 2.24) is 19.9 Å². The van der Waals surface area contributed by atoms with Crippen LogP contribution >= 0.6 is 11.6 Å². The van der Waals surface area contributed by atoms with E-state index in [9.17, 15) is 13.6 Å². The number of halogens is 4. The van der Waals surface area contributed by atoms with Crippen molar-refractivity contribution in [3.63, 3.8) is 0 Å². The van der Waals surface area contributed by atoms with Gasteiger partial charge in [-0.05, 0) is 18.8 Å². The quantitative estimate of drug-likeness (QED) is 0.574. The smallest absolute Gasteiger partial charge is 0.318 e. The first-order valence-electron chi connectivity index (χ1n) is 9.91. The first-order valence-corrected chi connectivity index (χ1v) is 10.3. The van der Waals surface area contributed by atoms with Gasteiger partial charge in [-0.25, -0.2) is 18.2 Å². The minimum Gasteiger partial charge on any atom is -0.475 e. The number of nitrogens with zero attached hydrogens (tertiary/aromatic N) is 4. The lowest BCUT2D eigenvalue weighted by molar-refractivity contribution is 0.153. The zero-order valence-electron chi connectivity index (χ0n) is 16.8. The molecule has 1 aliphatic carbocycles. The fourth-order valence-electron chi connectivity index (χ4n) is 3.91. The maximum atomic E-state index is 15.9. The van der Waals surface area contributed by atoms with Gasteiger partial charge in [-0.3, -0.25) is 4.79 Å². The molecule has 0 atom stereocenters.